The predicted molar refractivity (Wildman–Crippen MR) is 80.6 cm³/mol. The third-order valence-corrected chi connectivity index (χ3v) is 3.98. The van der Waals surface area contributed by atoms with E-state index in [-0.39, 0.29) is 15.7 Å². The molecule has 0 atom stereocenters. The number of fused-ring (bicyclic) bond motifs is 1. The number of methoxy groups -OCH3 is 1. The average molecular weight is 322 g/mol. The Morgan fingerprint density at radius 2 is 1.48 bits per heavy atom. The molecule has 0 saturated carbocycles. The van der Waals surface area contributed by atoms with Gasteiger partial charge in [0, 0.05) is 6.07 Å². The van der Waals surface area contributed by atoms with Crippen LogP contribution in [0.25, 0.3) is 0 Å². The Hall–Kier alpha value is -2.04. The highest BCUT2D eigenvalue weighted by Crippen LogP contribution is 2.39. The molecule has 0 aliphatic carbocycles. The van der Waals surface area contributed by atoms with Crippen molar-refractivity contribution in [3.8, 4) is 5.75 Å². The number of ether oxygens (including phenoxy) is 1. The number of halogens is 2. The zero-order valence-electron chi connectivity index (χ0n) is 10.9. The maximum Gasteiger partial charge on any atom is 0.266 e. The second kappa shape index (κ2) is 5.06. The molecule has 2 aromatic rings. The number of nitrogens with zero attached hydrogens (tertiary/aromatic N) is 1. The van der Waals surface area contributed by atoms with Crippen molar-refractivity contribution in [2.24, 2.45) is 0 Å². The van der Waals surface area contributed by atoms with E-state index in [1.165, 1.54) is 19.2 Å². The molecule has 0 radical (unpaired) electrons. The van der Waals surface area contributed by atoms with Crippen LogP contribution in [0.15, 0.2) is 36.4 Å². The summed E-state index contributed by atoms with van der Waals surface area (Å²) in [6.45, 7) is 0. The van der Waals surface area contributed by atoms with Gasteiger partial charge in [-0.25, -0.2) is 4.90 Å². The van der Waals surface area contributed by atoms with Gasteiger partial charge in [-0.1, -0.05) is 35.3 Å². The van der Waals surface area contributed by atoms with Crippen molar-refractivity contribution >= 4 is 40.7 Å². The van der Waals surface area contributed by atoms with Crippen molar-refractivity contribution in [1.29, 1.82) is 0 Å². The van der Waals surface area contributed by atoms with E-state index in [4.69, 9.17) is 27.9 Å². The fraction of sp³-hybridized carbons (Fsp3) is 0.0667. The number of benzene rings is 2. The van der Waals surface area contributed by atoms with Gasteiger partial charge in [0.15, 0.2) is 0 Å². The van der Waals surface area contributed by atoms with Gasteiger partial charge in [-0.15, -0.1) is 0 Å². The van der Waals surface area contributed by atoms with Gasteiger partial charge in [0.05, 0.1) is 34.0 Å². The first-order valence-corrected chi connectivity index (χ1v) is 6.81. The second-order valence-electron chi connectivity index (χ2n) is 4.43. The number of hydrogen-bond donors (Lipinski definition) is 0. The van der Waals surface area contributed by atoms with Crippen LogP contribution in [0.1, 0.15) is 20.7 Å². The van der Waals surface area contributed by atoms with Gasteiger partial charge in [0.2, 0.25) is 0 Å². The van der Waals surface area contributed by atoms with Crippen molar-refractivity contribution in [3.05, 3.63) is 57.6 Å². The fourth-order valence-electron chi connectivity index (χ4n) is 2.26. The van der Waals surface area contributed by atoms with Crippen LogP contribution in [0.4, 0.5) is 5.69 Å². The van der Waals surface area contributed by atoms with Gasteiger partial charge < -0.3 is 4.74 Å². The fourth-order valence-corrected chi connectivity index (χ4v) is 2.58. The summed E-state index contributed by atoms with van der Waals surface area (Å²) >= 11 is 11.9. The minimum atomic E-state index is -0.410. The van der Waals surface area contributed by atoms with E-state index in [0.717, 1.165) is 4.90 Å². The number of carbonyl (C=O) groups is 2. The van der Waals surface area contributed by atoms with Crippen LogP contribution in [0.3, 0.4) is 0 Å². The number of amides is 2. The first-order valence-electron chi connectivity index (χ1n) is 6.05. The van der Waals surface area contributed by atoms with Crippen molar-refractivity contribution in [3.63, 3.8) is 0 Å². The van der Waals surface area contributed by atoms with E-state index in [2.05, 4.69) is 0 Å². The monoisotopic (exact) mass is 321 g/mol. The van der Waals surface area contributed by atoms with Crippen molar-refractivity contribution < 1.29 is 14.3 Å². The first kappa shape index (κ1) is 13.9. The van der Waals surface area contributed by atoms with Gasteiger partial charge in [-0.2, -0.15) is 0 Å². The highest BCUT2D eigenvalue weighted by molar-refractivity contribution is 6.43. The predicted octanol–water partition coefficient (Wildman–Crippen LogP) is 3.80. The quantitative estimate of drug-likeness (QED) is 0.790. The molecule has 0 saturated heterocycles. The topological polar surface area (TPSA) is 46.6 Å². The summed E-state index contributed by atoms with van der Waals surface area (Å²) in [6, 6.07) is 9.56. The Morgan fingerprint density at radius 1 is 0.952 bits per heavy atom. The molecule has 0 spiro atoms. The van der Waals surface area contributed by atoms with E-state index in [1.54, 1.807) is 24.3 Å². The van der Waals surface area contributed by atoms with Gasteiger partial charge in [-0.3, -0.25) is 9.59 Å². The maximum atomic E-state index is 12.4. The standard InChI is InChI=1S/C15H9Cl2NO3/c1-21-13-7-11(17)10(16)6-12(13)18-14(19)8-4-2-3-5-9(8)15(18)20/h2-7H,1H3. The number of anilines is 1. The molecule has 2 aromatic carbocycles. The highest BCUT2D eigenvalue weighted by Gasteiger charge is 2.38. The summed E-state index contributed by atoms with van der Waals surface area (Å²) in [7, 11) is 1.43. The van der Waals surface area contributed by atoms with E-state index >= 15 is 0 Å². The van der Waals surface area contributed by atoms with Crippen molar-refractivity contribution in [2.45, 2.75) is 0 Å². The van der Waals surface area contributed by atoms with Crippen LogP contribution in [0.5, 0.6) is 5.75 Å². The van der Waals surface area contributed by atoms with Crippen molar-refractivity contribution in [1.82, 2.24) is 0 Å². The lowest BCUT2D eigenvalue weighted by molar-refractivity contribution is 0.0925. The smallest absolute Gasteiger partial charge is 0.266 e. The van der Waals surface area contributed by atoms with Crippen LogP contribution >= 0.6 is 23.2 Å². The molecule has 1 aliphatic rings. The highest BCUT2D eigenvalue weighted by atomic mass is 35.5. The summed E-state index contributed by atoms with van der Waals surface area (Å²) in [4.78, 5) is 25.9. The molecule has 0 aromatic heterocycles. The summed E-state index contributed by atoms with van der Waals surface area (Å²) < 4.78 is 5.20. The van der Waals surface area contributed by atoms with Crippen LogP contribution in [-0.4, -0.2) is 18.9 Å². The lowest BCUT2D eigenvalue weighted by Crippen LogP contribution is -2.29. The zero-order chi connectivity index (χ0) is 15.1. The normalized spacial score (nSPS) is 13.6. The zero-order valence-corrected chi connectivity index (χ0v) is 12.4. The number of carbonyl (C=O) groups excluding carboxylic acids is 2. The van der Waals surface area contributed by atoms with Crippen LogP contribution in [-0.2, 0) is 0 Å². The first-order chi connectivity index (χ1) is 10.0. The maximum absolute atomic E-state index is 12.4. The molecule has 106 valence electrons. The largest absolute Gasteiger partial charge is 0.494 e. The minimum absolute atomic E-state index is 0.240. The van der Waals surface area contributed by atoms with Crippen LogP contribution in [0.2, 0.25) is 10.0 Å². The molecule has 0 N–H and O–H groups in total. The Labute approximate surface area is 130 Å². The molecule has 0 unspecified atom stereocenters. The average Bonchev–Trinajstić information content (AvgIpc) is 2.74. The lowest BCUT2D eigenvalue weighted by atomic mass is 10.1. The SMILES string of the molecule is COc1cc(Cl)c(Cl)cc1N1C(=O)c2ccccc2C1=O. The molecule has 0 bridgehead atoms. The van der Waals surface area contributed by atoms with E-state index in [0.29, 0.717) is 16.9 Å². The molecule has 6 heteroatoms. The molecular weight excluding hydrogens is 313 g/mol. The number of imide groups is 1. The molecule has 3 rings (SSSR count). The molecule has 4 nitrogen and oxygen atoms in total. The molecule has 21 heavy (non-hydrogen) atoms. The summed E-state index contributed by atoms with van der Waals surface area (Å²) in [6.07, 6.45) is 0. The van der Waals surface area contributed by atoms with E-state index in [1.807, 2.05) is 0 Å². The molecule has 2 amide bonds. The van der Waals surface area contributed by atoms with E-state index in [9.17, 15) is 9.59 Å². The van der Waals surface area contributed by atoms with Gasteiger partial charge in [0.1, 0.15) is 5.75 Å². The van der Waals surface area contributed by atoms with Gasteiger partial charge in [-0.05, 0) is 18.2 Å². The molecular formula is C15H9Cl2NO3. The Morgan fingerprint density at radius 3 is 2.00 bits per heavy atom. The molecule has 1 heterocycles. The third-order valence-electron chi connectivity index (χ3n) is 3.26. The Bertz CT molecular complexity index is 739. The number of hydrogen-bond acceptors (Lipinski definition) is 3. The summed E-state index contributed by atoms with van der Waals surface area (Å²) in [5.74, 6) is -0.515. The summed E-state index contributed by atoms with van der Waals surface area (Å²) in [5.41, 5.74) is 0.990. The second-order valence-corrected chi connectivity index (χ2v) is 5.24. The Kier molecular flexibility index (Phi) is 3.35. The summed E-state index contributed by atoms with van der Waals surface area (Å²) in [5, 5.41) is 0.526. The molecule has 1 aliphatic heterocycles. The third kappa shape index (κ3) is 2.07. The van der Waals surface area contributed by atoms with E-state index < -0.39 is 11.8 Å². The molecule has 0 fully saturated rings. The van der Waals surface area contributed by atoms with Crippen LogP contribution < -0.4 is 9.64 Å². The van der Waals surface area contributed by atoms with Gasteiger partial charge in [0.25, 0.3) is 11.8 Å². The van der Waals surface area contributed by atoms with Crippen molar-refractivity contribution in [2.75, 3.05) is 12.0 Å². The van der Waals surface area contributed by atoms with Crippen LogP contribution in [0, 0.1) is 0 Å². The van der Waals surface area contributed by atoms with Gasteiger partial charge >= 0.3 is 0 Å². The lowest BCUT2D eigenvalue weighted by Gasteiger charge is -2.18. The Balaban J connectivity index is 2.17. The minimum Gasteiger partial charge on any atom is -0.494 e. The number of rotatable bonds is 2.